The van der Waals surface area contributed by atoms with E-state index in [1.54, 1.807) is 4.68 Å². The Morgan fingerprint density at radius 3 is 2.67 bits per heavy atom. The average molecular weight is 361 g/mol. The van der Waals surface area contributed by atoms with Crippen LogP contribution in [0.3, 0.4) is 0 Å². The number of nitro benzene ring substituents is 1. The summed E-state index contributed by atoms with van der Waals surface area (Å²) in [6.07, 6.45) is 3.39. The van der Waals surface area contributed by atoms with E-state index in [2.05, 4.69) is 15.1 Å². The summed E-state index contributed by atoms with van der Waals surface area (Å²) in [5.41, 5.74) is 1.26. The van der Waals surface area contributed by atoms with Crippen LogP contribution in [0.1, 0.15) is 10.4 Å². The van der Waals surface area contributed by atoms with Gasteiger partial charge in [-0.25, -0.2) is 14.6 Å². The third-order valence-corrected chi connectivity index (χ3v) is 3.85. The number of nitro groups is 1. The number of para-hydroxylation sites is 1. The molecule has 0 amide bonds. The lowest BCUT2D eigenvalue weighted by atomic mass is 10.2. The third-order valence-electron chi connectivity index (χ3n) is 3.85. The molecule has 0 aliphatic carbocycles. The van der Waals surface area contributed by atoms with Crippen molar-refractivity contribution in [3.63, 3.8) is 0 Å². The summed E-state index contributed by atoms with van der Waals surface area (Å²) in [6, 6.07) is 13.2. The maximum Gasteiger partial charge on any atom is 0.311 e. The van der Waals surface area contributed by atoms with Gasteiger partial charge in [-0.2, -0.15) is 5.10 Å². The number of ether oxygens (including phenoxy) is 1. The maximum absolute atomic E-state index is 11.3. The number of carbonyl (C=O) groups excluding carboxylic acids is 1. The summed E-state index contributed by atoms with van der Waals surface area (Å²) in [6.45, 7) is 0. The second-order valence-corrected chi connectivity index (χ2v) is 5.51. The molecule has 2 heterocycles. The van der Waals surface area contributed by atoms with E-state index in [1.165, 1.54) is 30.7 Å². The molecule has 2 aromatic heterocycles. The predicted molar refractivity (Wildman–Crippen MR) is 95.2 cm³/mol. The first kappa shape index (κ1) is 16.3. The fraction of sp³-hybridized carbons (Fsp3) is 0. The molecule has 0 fully saturated rings. The number of aldehydes is 1. The Hall–Kier alpha value is -4.14. The molecule has 0 aliphatic heterocycles. The lowest BCUT2D eigenvalue weighted by molar-refractivity contribution is -0.385. The smallest absolute Gasteiger partial charge is 0.311 e. The van der Waals surface area contributed by atoms with E-state index in [4.69, 9.17) is 4.74 Å². The fourth-order valence-corrected chi connectivity index (χ4v) is 2.60. The highest BCUT2D eigenvalue weighted by Crippen LogP contribution is 2.34. The number of rotatable bonds is 5. The molecule has 0 spiro atoms. The van der Waals surface area contributed by atoms with Crippen molar-refractivity contribution < 1.29 is 14.5 Å². The van der Waals surface area contributed by atoms with Gasteiger partial charge in [0.05, 0.1) is 16.8 Å². The van der Waals surface area contributed by atoms with E-state index in [1.807, 2.05) is 30.3 Å². The predicted octanol–water partition coefficient (Wildman–Crippen LogP) is 3.33. The first-order chi connectivity index (χ1) is 13.2. The maximum atomic E-state index is 11.3. The van der Waals surface area contributed by atoms with Crippen molar-refractivity contribution in [3.05, 3.63) is 76.7 Å². The molecule has 0 aliphatic rings. The Morgan fingerprint density at radius 1 is 1.11 bits per heavy atom. The van der Waals surface area contributed by atoms with Gasteiger partial charge in [-0.3, -0.25) is 14.9 Å². The van der Waals surface area contributed by atoms with E-state index < -0.39 is 4.92 Å². The minimum Gasteiger partial charge on any atom is -0.431 e. The molecule has 0 saturated carbocycles. The summed E-state index contributed by atoms with van der Waals surface area (Å²) in [5, 5.41) is 16.0. The normalized spacial score (nSPS) is 10.7. The van der Waals surface area contributed by atoms with Gasteiger partial charge in [-0.15, -0.1) is 0 Å². The molecule has 4 aromatic rings. The molecule has 0 saturated heterocycles. The van der Waals surface area contributed by atoms with Crippen molar-refractivity contribution in [1.29, 1.82) is 0 Å². The van der Waals surface area contributed by atoms with Crippen molar-refractivity contribution in [1.82, 2.24) is 19.7 Å². The Balaban J connectivity index is 1.81. The Labute approximate surface area is 152 Å². The average Bonchev–Trinajstić information content (AvgIpc) is 3.13. The van der Waals surface area contributed by atoms with Gasteiger partial charge in [-0.1, -0.05) is 18.2 Å². The van der Waals surface area contributed by atoms with Crippen molar-refractivity contribution in [2.24, 2.45) is 0 Å². The van der Waals surface area contributed by atoms with Crippen LogP contribution in [0.15, 0.2) is 61.1 Å². The van der Waals surface area contributed by atoms with E-state index in [9.17, 15) is 14.9 Å². The van der Waals surface area contributed by atoms with Gasteiger partial charge in [-0.05, 0) is 24.3 Å². The second-order valence-electron chi connectivity index (χ2n) is 5.51. The molecule has 27 heavy (non-hydrogen) atoms. The van der Waals surface area contributed by atoms with Crippen LogP contribution in [0.5, 0.6) is 11.6 Å². The van der Waals surface area contributed by atoms with E-state index in [0.717, 1.165) is 5.69 Å². The van der Waals surface area contributed by atoms with Crippen LogP contribution in [-0.2, 0) is 0 Å². The van der Waals surface area contributed by atoms with Crippen LogP contribution >= 0.6 is 0 Å². The zero-order valence-electron chi connectivity index (χ0n) is 13.7. The Bertz CT molecular complexity index is 1160. The van der Waals surface area contributed by atoms with Crippen LogP contribution in [0.4, 0.5) is 5.69 Å². The SMILES string of the molecule is O=Cc1ccc([N+](=O)[O-])c(Oc2ncnc3c2cnn3-c2ccccc2)c1. The summed E-state index contributed by atoms with van der Waals surface area (Å²) < 4.78 is 7.28. The second kappa shape index (κ2) is 6.64. The number of aromatic nitrogens is 4. The van der Waals surface area contributed by atoms with E-state index >= 15 is 0 Å². The quantitative estimate of drug-likeness (QED) is 0.304. The van der Waals surface area contributed by atoms with Gasteiger partial charge < -0.3 is 4.74 Å². The molecule has 9 nitrogen and oxygen atoms in total. The summed E-state index contributed by atoms with van der Waals surface area (Å²) in [7, 11) is 0. The van der Waals surface area contributed by atoms with Gasteiger partial charge in [0.1, 0.15) is 18.0 Å². The molecule has 0 unspecified atom stereocenters. The fourth-order valence-electron chi connectivity index (χ4n) is 2.60. The number of nitrogens with zero attached hydrogens (tertiary/aromatic N) is 5. The van der Waals surface area contributed by atoms with Crippen molar-refractivity contribution in [3.8, 4) is 17.3 Å². The van der Waals surface area contributed by atoms with Gasteiger partial charge in [0.15, 0.2) is 5.65 Å². The van der Waals surface area contributed by atoms with Crippen molar-refractivity contribution in [2.75, 3.05) is 0 Å². The topological polar surface area (TPSA) is 113 Å². The van der Waals surface area contributed by atoms with Crippen molar-refractivity contribution >= 4 is 23.0 Å². The minimum atomic E-state index is -0.588. The standard InChI is InChI=1S/C18H11N5O4/c24-10-12-6-7-15(23(25)26)16(8-12)27-18-14-9-21-22(17(14)19-11-20-18)13-4-2-1-3-5-13/h1-11H. The van der Waals surface area contributed by atoms with Crippen LogP contribution in [0.25, 0.3) is 16.7 Å². The minimum absolute atomic E-state index is 0.0861. The van der Waals surface area contributed by atoms with E-state index in [-0.39, 0.29) is 22.9 Å². The monoisotopic (exact) mass is 361 g/mol. The number of benzene rings is 2. The number of fused-ring (bicyclic) bond motifs is 1. The molecule has 0 bridgehead atoms. The number of carbonyl (C=O) groups is 1. The van der Waals surface area contributed by atoms with Gasteiger partial charge >= 0.3 is 5.69 Å². The first-order valence-corrected chi connectivity index (χ1v) is 7.83. The molecule has 132 valence electrons. The highest BCUT2D eigenvalue weighted by atomic mass is 16.6. The summed E-state index contributed by atoms with van der Waals surface area (Å²) in [4.78, 5) is 30.0. The van der Waals surface area contributed by atoms with Crippen LogP contribution in [-0.4, -0.2) is 31.0 Å². The summed E-state index contributed by atoms with van der Waals surface area (Å²) >= 11 is 0. The molecule has 2 aromatic carbocycles. The van der Waals surface area contributed by atoms with Gasteiger partial charge in [0.25, 0.3) is 0 Å². The molecule has 4 rings (SSSR count). The molecular weight excluding hydrogens is 350 g/mol. The zero-order valence-corrected chi connectivity index (χ0v) is 13.7. The molecule has 0 N–H and O–H groups in total. The molecule has 0 atom stereocenters. The number of hydrogen-bond acceptors (Lipinski definition) is 7. The Morgan fingerprint density at radius 2 is 1.93 bits per heavy atom. The highest BCUT2D eigenvalue weighted by Gasteiger charge is 2.19. The largest absolute Gasteiger partial charge is 0.431 e. The van der Waals surface area contributed by atoms with Crippen LogP contribution < -0.4 is 4.74 Å². The zero-order chi connectivity index (χ0) is 18.8. The van der Waals surface area contributed by atoms with Gasteiger partial charge in [0, 0.05) is 11.6 Å². The van der Waals surface area contributed by atoms with Gasteiger partial charge in [0.2, 0.25) is 11.6 Å². The number of hydrogen-bond donors (Lipinski definition) is 0. The molecule has 0 radical (unpaired) electrons. The van der Waals surface area contributed by atoms with Crippen molar-refractivity contribution in [2.45, 2.75) is 0 Å². The lowest BCUT2D eigenvalue weighted by Crippen LogP contribution is -1.99. The third kappa shape index (κ3) is 2.97. The molecular formula is C18H11N5O4. The first-order valence-electron chi connectivity index (χ1n) is 7.83. The Kier molecular flexibility index (Phi) is 4.01. The van der Waals surface area contributed by atoms with Crippen LogP contribution in [0.2, 0.25) is 0 Å². The van der Waals surface area contributed by atoms with E-state index in [0.29, 0.717) is 17.3 Å². The highest BCUT2D eigenvalue weighted by molar-refractivity contribution is 5.82. The lowest BCUT2D eigenvalue weighted by Gasteiger charge is -2.07. The van der Waals surface area contributed by atoms with Crippen LogP contribution in [0, 0.1) is 10.1 Å². The summed E-state index contributed by atoms with van der Waals surface area (Å²) in [5.74, 6) is 0.0189. The molecule has 9 heteroatoms.